The SMILES string of the molecule is CC(C)Oc1cccc(C(=O)Nc2ccc(O)c(-c3nc4cnccc4o3)c2)c1. The maximum atomic E-state index is 12.6. The number of nitrogens with one attached hydrogen (secondary N) is 1. The Labute approximate surface area is 167 Å². The summed E-state index contributed by atoms with van der Waals surface area (Å²) in [5.74, 6) is 0.570. The van der Waals surface area contributed by atoms with E-state index in [9.17, 15) is 9.90 Å². The minimum absolute atomic E-state index is 0.00477. The second-order valence-corrected chi connectivity index (χ2v) is 6.74. The van der Waals surface area contributed by atoms with Crippen LogP contribution in [-0.4, -0.2) is 27.1 Å². The van der Waals surface area contributed by atoms with Crippen molar-refractivity contribution >= 4 is 22.7 Å². The van der Waals surface area contributed by atoms with Crippen molar-refractivity contribution in [1.29, 1.82) is 0 Å². The number of phenolic OH excluding ortho intramolecular Hbond substituents is 1. The predicted octanol–water partition coefficient (Wildman–Crippen LogP) is 4.63. The van der Waals surface area contributed by atoms with Gasteiger partial charge in [-0.15, -0.1) is 0 Å². The number of nitrogens with zero attached hydrogens (tertiary/aromatic N) is 2. The van der Waals surface area contributed by atoms with Crippen molar-refractivity contribution in [3.8, 4) is 23.0 Å². The number of carbonyl (C=O) groups is 1. The number of hydrogen-bond donors (Lipinski definition) is 2. The van der Waals surface area contributed by atoms with Gasteiger partial charge in [0.25, 0.3) is 5.91 Å². The van der Waals surface area contributed by atoms with E-state index in [-0.39, 0.29) is 23.7 Å². The third-order valence-corrected chi connectivity index (χ3v) is 4.14. The van der Waals surface area contributed by atoms with Gasteiger partial charge in [-0.3, -0.25) is 9.78 Å². The highest BCUT2D eigenvalue weighted by Gasteiger charge is 2.15. The van der Waals surface area contributed by atoms with Crippen LogP contribution in [0.2, 0.25) is 0 Å². The number of carbonyl (C=O) groups excluding carboxylic acids is 1. The Morgan fingerprint density at radius 1 is 1.17 bits per heavy atom. The Bertz CT molecular complexity index is 1150. The number of anilines is 1. The first-order chi connectivity index (χ1) is 14.0. The number of aromatic nitrogens is 2. The topological polar surface area (TPSA) is 97.5 Å². The van der Waals surface area contributed by atoms with E-state index in [1.54, 1.807) is 54.9 Å². The van der Waals surface area contributed by atoms with Crippen molar-refractivity contribution in [3.63, 3.8) is 0 Å². The summed E-state index contributed by atoms with van der Waals surface area (Å²) in [5, 5.41) is 13.1. The summed E-state index contributed by atoms with van der Waals surface area (Å²) in [7, 11) is 0. The summed E-state index contributed by atoms with van der Waals surface area (Å²) < 4.78 is 11.3. The summed E-state index contributed by atoms with van der Waals surface area (Å²) in [6.07, 6.45) is 3.20. The Balaban J connectivity index is 1.60. The number of pyridine rings is 1. The molecule has 4 aromatic rings. The van der Waals surface area contributed by atoms with Crippen LogP contribution < -0.4 is 10.1 Å². The van der Waals surface area contributed by atoms with Crippen LogP contribution in [0.3, 0.4) is 0 Å². The van der Waals surface area contributed by atoms with Crippen LogP contribution in [-0.2, 0) is 0 Å². The molecule has 4 rings (SSSR count). The zero-order valence-corrected chi connectivity index (χ0v) is 15.9. The van der Waals surface area contributed by atoms with Gasteiger partial charge in [-0.2, -0.15) is 0 Å². The normalized spacial score (nSPS) is 11.0. The first kappa shape index (κ1) is 18.5. The molecule has 0 spiro atoms. The zero-order valence-electron chi connectivity index (χ0n) is 15.9. The van der Waals surface area contributed by atoms with Crippen molar-refractivity contribution in [2.75, 3.05) is 5.32 Å². The largest absolute Gasteiger partial charge is 0.507 e. The van der Waals surface area contributed by atoms with Crippen LogP contribution in [0.5, 0.6) is 11.5 Å². The Morgan fingerprint density at radius 2 is 2.03 bits per heavy atom. The van der Waals surface area contributed by atoms with Gasteiger partial charge in [-0.25, -0.2) is 4.98 Å². The molecule has 2 N–H and O–H groups in total. The van der Waals surface area contributed by atoms with Crippen LogP contribution in [0.4, 0.5) is 5.69 Å². The molecular formula is C22H19N3O4. The second kappa shape index (κ2) is 7.63. The number of amides is 1. The molecule has 146 valence electrons. The summed E-state index contributed by atoms with van der Waals surface area (Å²) in [6, 6.07) is 13.4. The molecule has 0 saturated heterocycles. The average molecular weight is 389 g/mol. The number of hydrogen-bond acceptors (Lipinski definition) is 6. The molecule has 0 aliphatic heterocycles. The molecule has 7 heteroatoms. The van der Waals surface area contributed by atoms with Crippen LogP contribution in [0, 0.1) is 0 Å². The Kier molecular flexibility index (Phi) is 4.87. The number of benzene rings is 2. The quantitative estimate of drug-likeness (QED) is 0.483. The molecule has 0 aliphatic rings. The number of fused-ring (bicyclic) bond motifs is 1. The lowest BCUT2D eigenvalue weighted by molar-refractivity contribution is 0.102. The molecular weight excluding hydrogens is 370 g/mol. The standard InChI is InChI=1S/C22H19N3O4/c1-13(2)28-16-5-3-4-14(10-16)21(27)24-15-6-7-19(26)17(11-15)22-25-18-12-23-9-8-20(18)29-22/h3-13,26H,1-2H3,(H,24,27). The average Bonchev–Trinajstić information content (AvgIpc) is 3.13. The third-order valence-electron chi connectivity index (χ3n) is 4.14. The fourth-order valence-corrected chi connectivity index (χ4v) is 2.87. The maximum Gasteiger partial charge on any atom is 0.255 e. The molecule has 0 unspecified atom stereocenters. The number of rotatable bonds is 5. The lowest BCUT2D eigenvalue weighted by Gasteiger charge is -2.11. The first-order valence-corrected chi connectivity index (χ1v) is 9.11. The molecule has 29 heavy (non-hydrogen) atoms. The maximum absolute atomic E-state index is 12.6. The minimum Gasteiger partial charge on any atom is -0.507 e. The summed E-state index contributed by atoms with van der Waals surface area (Å²) in [5.41, 5.74) is 2.48. The molecule has 0 saturated carbocycles. The highest BCUT2D eigenvalue weighted by atomic mass is 16.5. The summed E-state index contributed by atoms with van der Waals surface area (Å²) in [6.45, 7) is 3.85. The van der Waals surface area contributed by atoms with E-state index in [4.69, 9.17) is 9.15 Å². The van der Waals surface area contributed by atoms with Crippen molar-refractivity contribution in [2.24, 2.45) is 0 Å². The van der Waals surface area contributed by atoms with E-state index in [0.717, 1.165) is 0 Å². The van der Waals surface area contributed by atoms with Crippen LogP contribution >= 0.6 is 0 Å². The Hall–Kier alpha value is -3.87. The van der Waals surface area contributed by atoms with Crippen LogP contribution in [0.25, 0.3) is 22.6 Å². The van der Waals surface area contributed by atoms with Crippen LogP contribution in [0.15, 0.2) is 65.3 Å². The van der Waals surface area contributed by atoms with E-state index >= 15 is 0 Å². The molecule has 0 radical (unpaired) electrons. The zero-order chi connectivity index (χ0) is 20.4. The lowest BCUT2D eigenvalue weighted by Crippen LogP contribution is -2.12. The van der Waals surface area contributed by atoms with Gasteiger partial charge in [-0.05, 0) is 50.2 Å². The van der Waals surface area contributed by atoms with Gasteiger partial charge in [-0.1, -0.05) is 6.07 Å². The molecule has 0 bridgehead atoms. The molecule has 2 aromatic heterocycles. The molecule has 0 aliphatic carbocycles. The number of phenols is 1. The van der Waals surface area contributed by atoms with Crippen molar-refractivity contribution < 1.29 is 19.1 Å². The monoisotopic (exact) mass is 389 g/mol. The van der Waals surface area contributed by atoms with Gasteiger partial charge < -0.3 is 19.6 Å². The highest BCUT2D eigenvalue weighted by Crippen LogP contribution is 2.33. The van der Waals surface area contributed by atoms with Crippen LogP contribution in [0.1, 0.15) is 24.2 Å². The van der Waals surface area contributed by atoms with Crippen molar-refractivity contribution in [1.82, 2.24) is 9.97 Å². The van der Waals surface area contributed by atoms with Gasteiger partial charge in [0, 0.05) is 23.5 Å². The molecule has 7 nitrogen and oxygen atoms in total. The molecule has 2 aromatic carbocycles. The Morgan fingerprint density at radius 3 is 2.83 bits per heavy atom. The highest BCUT2D eigenvalue weighted by molar-refractivity contribution is 6.04. The van der Waals surface area contributed by atoms with E-state index in [1.807, 2.05) is 13.8 Å². The second-order valence-electron chi connectivity index (χ2n) is 6.74. The van der Waals surface area contributed by atoms with Gasteiger partial charge in [0.05, 0.1) is 17.9 Å². The summed E-state index contributed by atoms with van der Waals surface area (Å²) in [4.78, 5) is 21.0. The number of ether oxygens (including phenoxy) is 1. The molecule has 1 amide bonds. The van der Waals surface area contributed by atoms with Gasteiger partial charge in [0.2, 0.25) is 5.89 Å². The smallest absolute Gasteiger partial charge is 0.255 e. The molecule has 2 heterocycles. The van der Waals surface area contributed by atoms with E-state index in [0.29, 0.717) is 33.7 Å². The van der Waals surface area contributed by atoms with Crippen molar-refractivity contribution in [3.05, 3.63) is 66.5 Å². The fraction of sp³-hybridized carbons (Fsp3) is 0.136. The first-order valence-electron chi connectivity index (χ1n) is 9.11. The van der Waals surface area contributed by atoms with E-state index in [2.05, 4.69) is 15.3 Å². The van der Waals surface area contributed by atoms with E-state index in [1.165, 1.54) is 6.07 Å². The third kappa shape index (κ3) is 4.03. The fourth-order valence-electron chi connectivity index (χ4n) is 2.87. The summed E-state index contributed by atoms with van der Waals surface area (Å²) >= 11 is 0. The van der Waals surface area contributed by atoms with Gasteiger partial charge in [0.1, 0.15) is 17.0 Å². The van der Waals surface area contributed by atoms with Crippen molar-refractivity contribution in [2.45, 2.75) is 20.0 Å². The number of aromatic hydroxyl groups is 1. The van der Waals surface area contributed by atoms with E-state index < -0.39 is 0 Å². The van der Waals surface area contributed by atoms with Gasteiger partial charge >= 0.3 is 0 Å². The molecule has 0 atom stereocenters. The molecule has 0 fully saturated rings. The van der Waals surface area contributed by atoms with Gasteiger partial charge in [0.15, 0.2) is 5.58 Å². The number of oxazole rings is 1. The lowest BCUT2D eigenvalue weighted by atomic mass is 10.1. The predicted molar refractivity (Wildman–Crippen MR) is 109 cm³/mol. The minimum atomic E-state index is -0.294.